The van der Waals surface area contributed by atoms with Gasteiger partial charge in [-0.1, -0.05) is 6.42 Å². The van der Waals surface area contributed by atoms with E-state index in [0.717, 1.165) is 24.4 Å². The van der Waals surface area contributed by atoms with Gasteiger partial charge in [-0.3, -0.25) is 0 Å². The number of hydrogen-bond donors (Lipinski definition) is 2. The topological polar surface area (TPSA) is 45.4 Å². The van der Waals surface area contributed by atoms with E-state index in [0.29, 0.717) is 5.25 Å². The second-order valence-electron chi connectivity index (χ2n) is 4.80. The quantitative estimate of drug-likeness (QED) is 0.848. The second kappa shape index (κ2) is 5.94. The van der Waals surface area contributed by atoms with Crippen molar-refractivity contribution in [1.82, 2.24) is 5.32 Å². The van der Waals surface area contributed by atoms with E-state index in [4.69, 9.17) is 4.42 Å². The van der Waals surface area contributed by atoms with Crippen molar-refractivity contribution in [2.24, 2.45) is 0 Å². The summed E-state index contributed by atoms with van der Waals surface area (Å²) in [6, 6.07) is 3.95. The van der Waals surface area contributed by atoms with Crippen molar-refractivity contribution < 1.29 is 9.52 Å². The predicted molar refractivity (Wildman–Crippen MR) is 71.1 cm³/mol. The Balaban J connectivity index is 1.85. The average molecular weight is 255 g/mol. The molecule has 1 fully saturated rings. The highest BCUT2D eigenvalue weighted by atomic mass is 32.2. The normalized spacial score (nSPS) is 29.4. The first-order valence-electron chi connectivity index (χ1n) is 6.22. The van der Waals surface area contributed by atoms with E-state index in [-0.39, 0.29) is 12.1 Å². The van der Waals surface area contributed by atoms with Gasteiger partial charge >= 0.3 is 0 Å². The lowest BCUT2D eigenvalue weighted by Crippen LogP contribution is -2.50. The summed E-state index contributed by atoms with van der Waals surface area (Å²) in [5.74, 6) is 1.97. The van der Waals surface area contributed by atoms with Crippen molar-refractivity contribution in [1.29, 1.82) is 0 Å². The zero-order chi connectivity index (χ0) is 12.1. The molecule has 1 aromatic heterocycles. The minimum Gasteiger partial charge on any atom is -0.468 e. The molecule has 1 aromatic rings. The molecule has 0 aromatic carbocycles. The van der Waals surface area contributed by atoms with Crippen LogP contribution in [0.2, 0.25) is 0 Å². The van der Waals surface area contributed by atoms with Crippen molar-refractivity contribution in [3.05, 3.63) is 24.2 Å². The highest BCUT2D eigenvalue weighted by Gasteiger charge is 2.34. The Morgan fingerprint density at radius 2 is 2.53 bits per heavy atom. The molecule has 0 saturated heterocycles. The average Bonchev–Trinajstić information content (AvgIpc) is 2.90. The minimum atomic E-state index is -0.0565. The lowest BCUT2D eigenvalue weighted by atomic mass is 9.82. The molecule has 1 heterocycles. The first-order valence-corrected chi connectivity index (χ1v) is 7.27. The number of aliphatic hydroxyl groups excluding tert-OH is 1. The molecule has 2 rings (SSSR count). The number of furan rings is 1. The van der Waals surface area contributed by atoms with E-state index in [1.807, 2.05) is 30.9 Å². The maximum Gasteiger partial charge on any atom is 0.113 e. The summed E-state index contributed by atoms with van der Waals surface area (Å²) in [6.45, 7) is 0.237. The Labute approximate surface area is 107 Å². The molecule has 0 aliphatic heterocycles. The highest BCUT2D eigenvalue weighted by Crippen LogP contribution is 2.35. The second-order valence-corrected chi connectivity index (χ2v) is 6.09. The molecule has 2 atom stereocenters. The largest absolute Gasteiger partial charge is 0.468 e. The Kier molecular flexibility index (Phi) is 4.54. The van der Waals surface area contributed by atoms with Gasteiger partial charge in [0.2, 0.25) is 0 Å². The van der Waals surface area contributed by atoms with Crippen LogP contribution in [-0.2, 0) is 5.75 Å². The van der Waals surface area contributed by atoms with E-state index in [1.54, 1.807) is 6.26 Å². The maximum atomic E-state index is 9.52. The molecule has 1 aliphatic carbocycles. The van der Waals surface area contributed by atoms with Crippen LogP contribution in [0, 0.1) is 0 Å². The summed E-state index contributed by atoms with van der Waals surface area (Å²) in [5.41, 5.74) is -0.0565. The maximum absolute atomic E-state index is 9.52. The van der Waals surface area contributed by atoms with E-state index < -0.39 is 0 Å². The van der Waals surface area contributed by atoms with Crippen LogP contribution in [-0.4, -0.2) is 29.5 Å². The fourth-order valence-electron chi connectivity index (χ4n) is 2.49. The van der Waals surface area contributed by atoms with Gasteiger partial charge in [-0.25, -0.2) is 0 Å². The van der Waals surface area contributed by atoms with E-state index in [2.05, 4.69) is 5.32 Å². The Morgan fingerprint density at radius 3 is 3.18 bits per heavy atom. The third-order valence-electron chi connectivity index (χ3n) is 3.67. The standard InChI is InChI=1S/C13H21NO2S/c1-14-13(10-15)6-2-5-12(8-13)17-9-11-4-3-7-16-11/h3-4,7,12,14-15H,2,5-6,8-10H2,1H3. The van der Waals surface area contributed by atoms with Crippen molar-refractivity contribution in [3.63, 3.8) is 0 Å². The summed E-state index contributed by atoms with van der Waals surface area (Å²) < 4.78 is 5.34. The molecule has 0 radical (unpaired) electrons. The molecule has 0 bridgehead atoms. The lowest BCUT2D eigenvalue weighted by molar-refractivity contribution is 0.131. The van der Waals surface area contributed by atoms with Gasteiger partial charge in [-0.15, -0.1) is 0 Å². The first-order chi connectivity index (χ1) is 8.28. The summed E-state index contributed by atoms with van der Waals surface area (Å²) in [5, 5.41) is 13.4. The molecule has 0 spiro atoms. The lowest BCUT2D eigenvalue weighted by Gasteiger charge is -2.39. The van der Waals surface area contributed by atoms with Crippen LogP contribution >= 0.6 is 11.8 Å². The number of hydrogen-bond acceptors (Lipinski definition) is 4. The minimum absolute atomic E-state index is 0.0565. The van der Waals surface area contributed by atoms with Crippen LogP contribution in [0.3, 0.4) is 0 Å². The smallest absolute Gasteiger partial charge is 0.113 e. The summed E-state index contributed by atoms with van der Waals surface area (Å²) >= 11 is 1.94. The van der Waals surface area contributed by atoms with Crippen LogP contribution < -0.4 is 5.32 Å². The van der Waals surface area contributed by atoms with Gasteiger partial charge in [0.25, 0.3) is 0 Å². The molecule has 0 amide bonds. The third-order valence-corrected chi connectivity index (χ3v) is 5.00. The van der Waals surface area contributed by atoms with E-state index in [9.17, 15) is 5.11 Å². The van der Waals surface area contributed by atoms with Gasteiger partial charge in [0.1, 0.15) is 5.76 Å². The van der Waals surface area contributed by atoms with Gasteiger partial charge in [0.05, 0.1) is 18.6 Å². The molecule has 17 heavy (non-hydrogen) atoms. The van der Waals surface area contributed by atoms with Crippen LogP contribution in [0.5, 0.6) is 0 Å². The number of likely N-dealkylation sites (N-methyl/N-ethyl adjacent to an activating group) is 1. The zero-order valence-electron chi connectivity index (χ0n) is 10.3. The SMILES string of the molecule is CNC1(CO)CCCC(SCc2ccco2)C1. The summed E-state index contributed by atoms with van der Waals surface area (Å²) in [6.07, 6.45) is 6.29. The van der Waals surface area contributed by atoms with Gasteiger partial charge in [0, 0.05) is 10.8 Å². The summed E-state index contributed by atoms with van der Waals surface area (Å²) in [4.78, 5) is 0. The molecule has 1 saturated carbocycles. The number of thioether (sulfide) groups is 1. The van der Waals surface area contributed by atoms with Crippen LogP contribution in [0.4, 0.5) is 0 Å². The van der Waals surface area contributed by atoms with Crippen LogP contribution in [0.1, 0.15) is 31.4 Å². The van der Waals surface area contributed by atoms with Crippen LogP contribution in [0.15, 0.2) is 22.8 Å². The number of aliphatic hydroxyl groups is 1. The molecule has 1 aliphatic rings. The monoisotopic (exact) mass is 255 g/mol. The Bertz CT molecular complexity index is 322. The first kappa shape index (κ1) is 13.0. The Hall–Kier alpha value is -0.450. The fourth-order valence-corrected chi connectivity index (χ4v) is 3.83. The Morgan fingerprint density at radius 1 is 1.65 bits per heavy atom. The predicted octanol–water partition coefficient (Wildman–Crippen LogP) is 2.41. The number of rotatable bonds is 5. The molecule has 2 unspecified atom stereocenters. The van der Waals surface area contributed by atoms with Crippen molar-refractivity contribution in [2.45, 2.75) is 42.2 Å². The summed E-state index contributed by atoms with van der Waals surface area (Å²) in [7, 11) is 1.95. The number of nitrogens with one attached hydrogen (secondary N) is 1. The van der Waals surface area contributed by atoms with Crippen molar-refractivity contribution in [3.8, 4) is 0 Å². The van der Waals surface area contributed by atoms with Crippen LogP contribution in [0.25, 0.3) is 0 Å². The molecule has 3 nitrogen and oxygen atoms in total. The van der Waals surface area contributed by atoms with Crippen molar-refractivity contribution >= 4 is 11.8 Å². The molecular formula is C13H21NO2S. The van der Waals surface area contributed by atoms with E-state index in [1.165, 1.54) is 12.8 Å². The van der Waals surface area contributed by atoms with E-state index >= 15 is 0 Å². The molecular weight excluding hydrogens is 234 g/mol. The highest BCUT2D eigenvalue weighted by molar-refractivity contribution is 7.99. The molecule has 4 heteroatoms. The third kappa shape index (κ3) is 3.27. The van der Waals surface area contributed by atoms with Gasteiger partial charge in [0.15, 0.2) is 0 Å². The molecule has 96 valence electrons. The van der Waals surface area contributed by atoms with Gasteiger partial charge in [-0.2, -0.15) is 11.8 Å². The van der Waals surface area contributed by atoms with Gasteiger partial charge in [-0.05, 0) is 38.4 Å². The molecule has 2 N–H and O–H groups in total. The van der Waals surface area contributed by atoms with Gasteiger partial charge < -0.3 is 14.8 Å². The fraction of sp³-hybridized carbons (Fsp3) is 0.692. The van der Waals surface area contributed by atoms with Crippen molar-refractivity contribution in [2.75, 3.05) is 13.7 Å². The zero-order valence-corrected chi connectivity index (χ0v) is 11.1.